The smallest absolute Gasteiger partial charge is 0.0612 e. The summed E-state index contributed by atoms with van der Waals surface area (Å²) in [5.41, 5.74) is 0. The highest BCUT2D eigenvalue weighted by Gasteiger charge is 2.08. The minimum Gasteiger partial charge on any atom is -0.375 e. The minimum atomic E-state index is 0.339. The van der Waals surface area contributed by atoms with Crippen LogP contribution in [0.15, 0.2) is 12.7 Å². The molecule has 1 heteroatoms. The Kier molecular flexibility index (Phi) is 8.11. The van der Waals surface area contributed by atoms with Crippen molar-refractivity contribution in [2.45, 2.75) is 65.1 Å². The largest absolute Gasteiger partial charge is 0.375 e. The number of hydrogen-bond acceptors (Lipinski definition) is 1. The molecule has 0 saturated heterocycles. The Morgan fingerprint density at radius 1 is 1.31 bits per heavy atom. The van der Waals surface area contributed by atoms with Crippen molar-refractivity contribution in [3.8, 4) is 0 Å². The fourth-order valence-electron chi connectivity index (χ4n) is 1.43. The van der Waals surface area contributed by atoms with Gasteiger partial charge in [0.1, 0.15) is 0 Å². The van der Waals surface area contributed by atoms with Gasteiger partial charge in [-0.1, -0.05) is 32.3 Å². The van der Waals surface area contributed by atoms with Gasteiger partial charge in [-0.3, -0.25) is 0 Å². The zero-order valence-electron chi connectivity index (χ0n) is 9.38. The van der Waals surface area contributed by atoms with Crippen LogP contribution < -0.4 is 0 Å². The second kappa shape index (κ2) is 8.31. The Labute approximate surface area is 83.2 Å². The molecule has 1 nitrogen and oxygen atoms in total. The van der Waals surface area contributed by atoms with E-state index >= 15 is 0 Å². The first-order valence-electron chi connectivity index (χ1n) is 5.47. The third kappa shape index (κ3) is 8.04. The quantitative estimate of drug-likeness (QED) is 0.410. The molecular weight excluding hydrogens is 160 g/mol. The molecule has 0 aromatic carbocycles. The molecule has 0 aliphatic rings. The van der Waals surface area contributed by atoms with E-state index in [1.807, 2.05) is 6.08 Å². The minimum absolute atomic E-state index is 0.339. The van der Waals surface area contributed by atoms with Crippen molar-refractivity contribution in [2.24, 2.45) is 0 Å². The van der Waals surface area contributed by atoms with E-state index in [4.69, 9.17) is 4.74 Å². The van der Waals surface area contributed by atoms with E-state index in [0.717, 1.165) is 6.42 Å². The summed E-state index contributed by atoms with van der Waals surface area (Å²) in [5.74, 6) is 0. The van der Waals surface area contributed by atoms with E-state index in [0.29, 0.717) is 12.2 Å². The van der Waals surface area contributed by atoms with Crippen molar-refractivity contribution >= 4 is 0 Å². The summed E-state index contributed by atoms with van der Waals surface area (Å²) in [6, 6.07) is 0. The molecule has 78 valence electrons. The molecule has 0 aromatic heterocycles. The molecule has 0 fully saturated rings. The Morgan fingerprint density at radius 2 is 2.00 bits per heavy atom. The molecule has 0 aliphatic carbocycles. The van der Waals surface area contributed by atoms with Gasteiger partial charge in [-0.2, -0.15) is 0 Å². The van der Waals surface area contributed by atoms with Crippen LogP contribution in [0.4, 0.5) is 0 Å². The van der Waals surface area contributed by atoms with E-state index in [2.05, 4.69) is 27.4 Å². The lowest BCUT2D eigenvalue weighted by molar-refractivity contribution is 0.00396. The lowest BCUT2D eigenvalue weighted by atomic mass is 10.1. The van der Waals surface area contributed by atoms with Crippen molar-refractivity contribution in [3.63, 3.8) is 0 Å². The van der Waals surface area contributed by atoms with Crippen LogP contribution in [0, 0.1) is 0 Å². The predicted octanol–water partition coefficient (Wildman–Crippen LogP) is 3.94. The molecule has 0 rings (SSSR count). The second-order valence-electron chi connectivity index (χ2n) is 3.83. The summed E-state index contributed by atoms with van der Waals surface area (Å²) in [4.78, 5) is 0. The maximum absolute atomic E-state index is 5.77. The third-order valence-corrected chi connectivity index (χ3v) is 2.02. The zero-order chi connectivity index (χ0) is 10.1. The van der Waals surface area contributed by atoms with Crippen LogP contribution in [0.1, 0.15) is 52.9 Å². The fraction of sp³-hybridized carbons (Fsp3) is 0.833. The normalized spacial score (nSPS) is 13.2. The lowest BCUT2D eigenvalue weighted by Gasteiger charge is -2.18. The van der Waals surface area contributed by atoms with Crippen molar-refractivity contribution in [1.29, 1.82) is 0 Å². The fourth-order valence-corrected chi connectivity index (χ4v) is 1.43. The first kappa shape index (κ1) is 12.7. The second-order valence-corrected chi connectivity index (χ2v) is 3.83. The van der Waals surface area contributed by atoms with E-state index < -0.39 is 0 Å². The Morgan fingerprint density at radius 3 is 2.46 bits per heavy atom. The molecule has 1 unspecified atom stereocenters. The van der Waals surface area contributed by atoms with Gasteiger partial charge in [0.05, 0.1) is 12.2 Å². The SMILES string of the molecule is C=CCC(CCCCC)OC(C)C. The van der Waals surface area contributed by atoms with Crippen LogP contribution in [0.3, 0.4) is 0 Å². The maximum atomic E-state index is 5.77. The van der Waals surface area contributed by atoms with Crippen LogP contribution in [0.25, 0.3) is 0 Å². The molecule has 0 radical (unpaired) electrons. The van der Waals surface area contributed by atoms with E-state index in [-0.39, 0.29) is 0 Å². The number of rotatable bonds is 8. The summed E-state index contributed by atoms with van der Waals surface area (Å²) in [6.45, 7) is 10.2. The van der Waals surface area contributed by atoms with Gasteiger partial charge in [0.15, 0.2) is 0 Å². The monoisotopic (exact) mass is 184 g/mol. The van der Waals surface area contributed by atoms with Crippen LogP contribution >= 0.6 is 0 Å². The number of unbranched alkanes of at least 4 members (excludes halogenated alkanes) is 2. The lowest BCUT2D eigenvalue weighted by Crippen LogP contribution is -2.17. The molecule has 0 aromatic rings. The molecule has 0 amide bonds. The van der Waals surface area contributed by atoms with Gasteiger partial charge < -0.3 is 4.74 Å². The van der Waals surface area contributed by atoms with Crippen molar-refractivity contribution in [2.75, 3.05) is 0 Å². The average molecular weight is 184 g/mol. The van der Waals surface area contributed by atoms with Gasteiger partial charge in [0, 0.05) is 0 Å². The van der Waals surface area contributed by atoms with Crippen molar-refractivity contribution < 1.29 is 4.74 Å². The zero-order valence-corrected chi connectivity index (χ0v) is 9.38. The molecule has 0 aliphatic heterocycles. The summed E-state index contributed by atoms with van der Waals surface area (Å²) in [7, 11) is 0. The standard InChI is InChI=1S/C12H24O/c1-5-7-8-10-12(9-6-2)13-11(3)4/h6,11-12H,2,5,7-10H2,1,3-4H3. The molecule has 13 heavy (non-hydrogen) atoms. The third-order valence-electron chi connectivity index (χ3n) is 2.02. The number of ether oxygens (including phenoxy) is 1. The van der Waals surface area contributed by atoms with E-state index in [1.54, 1.807) is 0 Å². The van der Waals surface area contributed by atoms with Gasteiger partial charge in [-0.25, -0.2) is 0 Å². The Hall–Kier alpha value is -0.300. The van der Waals surface area contributed by atoms with Gasteiger partial charge in [0.25, 0.3) is 0 Å². The van der Waals surface area contributed by atoms with E-state index in [9.17, 15) is 0 Å². The van der Waals surface area contributed by atoms with Crippen LogP contribution in [-0.4, -0.2) is 12.2 Å². The van der Waals surface area contributed by atoms with Crippen LogP contribution in [0.5, 0.6) is 0 Å². The molecule has 0 bridgehead atoms. The predicted molar refractivity (Wildman–Crippen MR) is 59.0 cm³/mol. The van der Waals surface area contributed by atoms with Crippen molar-refractivity contribution in [3.05, 3.63) is 12.7 Å². The highest BCUT2D eigenvalue weighted by atomic mass is 16.5. The van der Waals surface area contributed by atoms with Gasteiger partial charge in [-0.05, 0) is 26.7 Å². The topological polar surface area (TPSA) is 9.23 Å². The maximum Gasteiger partial charge on any atom is 0.0612 e. The molecular formula is C12H24O. The van der Waals surface area contributed by atoms with Crippen LogP contribution in [0.2, 0.25) is 0 Å². The van der Waals surface area contributed by atoms with Gasteiger partial charge in [-0.15, -0.1) is 6.58 Å². The highest BCUT2D eigenvalue weighted by molar-refractivity contribution is 4.74. The summed E-state index contributed by atoms with van der Waals surface area (Å²) < 4.78 is 5.77. The van der Waals surface area contributed by atoms with Crippen molar-refractivity contribution in [1.82, 2.24) is 0 Å². The average Bonchev–Trinajstić information content (AvgIpc) is 2.04. The first-order valence-corrected chi connectivity index (χ1v) is 5.47. The summed E-state index contributed by atoms with van der Waals surface area (Å²) >= 11 is 0. The molecule has 0 N–H and O–H groups in total. The first-order chi connectivity index (χ1) is 6.20. The Balaban J connectivity index is 3.59. The van der Waals surface area contributed by atoms with Crippen LogP contribution in [-0.2, 0) is 4.74 Å². The Bertz CT molecular complexity index is 118. The molecule has 0 saturated carbocycles. The molecule has 1 atom stereocenters. The van der Waals surface area contributed by atoms with Gasteiger partial charge >= 0.3 is 0 Å². The van der Waals surface area contributed by atoms with Gasteiger partial charge in [0.2, 0.25) is 0 Å². The highest BCUT2D eigenvalue weighted by Crippen LogP contribution is 2.12. The summed E-state index contributed by atoms with van der Waals surface area (Å²) in [6.07, 6.45) is 8.73. The molecule has 0 heterocycles. The number of hydrogen-bond donors (Lipinski definition) is 0. The summed E-state index contributed by atoms with van der Waals surface area (Å²) in [5, 5.41) is 0. The van der Waals surface area contributed by atoms with E-state index in [1.165, 1.54) is 25.7 Å². The molecule has 0 spiro atoms.